The van der Waals surface area contributed by atoms with Crippen molar-refractivity contribution in [3.05, 3.63) is 10.9 Å². The van der Waals surface area contributed by atoms with Gasteiger partial charge in [-0.1, -0.05) is 0 Å². The molecule has 0 fully saturated rings. The van der Waals surface area contributed by atoms with Gasteiger partial charge in [-0.2, -0.15) is 4.98 Å². The molecule has 2 aromatic heterocycles. The highest BCUT2D eigenvalue weighted by Crippen LogP contribution is 2.33. The third-order valence-corrected chi connectivity index (χ3v) is 4.64. The number of thiophene rings is 1. The van der Waals surface area contributed by atoms with Crippen LogP contribution in [-0.2, 0) is 0 Å². The highest BCUT2D eigenvalue weighted by molar-refractivity contribution is 7.18. The highest BCUT2D eigenvalue weighted by atomic mass is 32.1. The number of nitrogens with zero attached hydrogens (tertiary/aromatic N) is 2. The van der Waals surface area contributed by atoms with Crippen LogP contribution in [0, 0.1) is 6.92 Å². The van der Waals surface area contributed by atoms with Crippen molar-refractivity contribution < 1.29 is 5.11 Å². The number of rotatable bonds is 4. The summed E-state index contributed by atoms with van der Waals surface area (Å²) in [6.45, 7) is 9.54. The predicted octanol–water partition coefficient (Wildman–Crippen LogP) is 3.00. The maximum absolute atomic E-state index is 10.3. The second-order valence-corrected chi connectivity index (χ2v) is 7.27. The van der Waals surface area contributed by atoms with Gasteiger partial charge in [0, 0.05) is 11.9 Å². The molecule has 110 valence electrons. The Morgan fingerprint density at radius 2 is 1.85 bits per heavy atom. The van der Waals surface area contributed by atoms with Gasteiger partial charge in [0.05, 0.1) is 16.5 Å². The van der Waals surface area contributed by atoms with Gasteiger partial charge < -0.3 is 15.7 Å². The zero-order valence-electron chi connectivity index (χ0n) is 12.8. The second kappa shape index (κ2) is 4.86. The van der Waals surface area contributed by atoms with Crippen LogP contribution < -0.4 is 10.6 Å². The minimum atomic E-state index is -0.880. The van der Waals surface area contributed by atoms with Crippen LogP contribution in [-0.4, -0.2) is 33.3 Å². The van der Waals surface area contributed by atoms with Crippen LogP contribution in [0.3, 0.4) is 0 Å². The fourth-order valence-electron chi connectivity index (χ4n) is 1.70. The van der Waals surface area contributed by atoms with Crippen molar-refractivity contribution in [2.75, 3.05) is 17.7 Å². The first kappa shape index (κ1) is 15.0. The van der Waals surface area contributed by atoms with E-state index in [4.69, 9.17) is 0 Å². The molecule has 0 unspecified atom stereocenters. The highest BCUT2D eigenvalue weighted by Gasteiger charge is 2.35. The van der Waals surface area contributed by atoms with Crippen LogP contribution in [0.25, 0.3) is 10.2 Å². The Labute approximate surface area is 123 Å². The van der Waals surface area contributed by atoms with Crippen LogP contribution in [0.2, 0.25) is 0 Å². The van der Waals surface area contributed by atoms with Crippen molar-refractivity contribution in [1.82, 2.24) is 9.97 Å². The Balaban J connectivity index is 2.53. The summed E-state index contributed by atoms with van der Waals surface area (Å²) in [4.78, 5) is 11.1. The van der Waals surface area contributed by atoms with Crippen molar-refractivity contribution in [2.24, 2.45) is 0 Å². The van der Waals surface area contributed by atoms with E-state index in [2.05, 4.69) is 33.6 Å². The molecule has 0 spiro atoms. The molecule has 0 amide bonds. The van der Waals surface area contributed by atoms with Crippen molar-refractivity contribution in [3.63, 3.8) is 0 Å². The van der Waals surface area contributed by atoms with E-state index in [0.29, 0.717) is 5.95 Å². The average Bonchev–Trinajstić information content (AvgIpc) is 2.67. The zero-order valence-corrected chi connectivity index (χ0v) is 13.6. The molecular weight excluding hydrogens is 272 g/mol. The minimum absolute atomic E-state index is 0.519. The summed E-state index contributed by atoms with van der Waals surface area (Å²) in [6.07, 6.45) is 0. The molecule has 2 aromatic rings. The van der Waals surface area contributed by atoms with E-state index >= 15 is 0 Å². The molecule has 2 rings (SSSR count). The number of fused-ring (bicyclic) bond motifs is 1. The SMILES string of the molecule is CNc1nc(NC(C)(C)C(C)(C)O)c2cc(C)sc2n1. The smallest absolute Gasteiger partial charge is 0.225 e. The molecule has 0 atom stereocenters. The fraction of sp³-hybridized carbons (Fsp3) is 0.571. The molecule has 3 N–H and O–H groups in total. The fourth-order valence-corrected chi connectivity index (χ4v) is 2.58. The summed E-state index contributed by atoms with van der Waals surface area (Å²) in [6, 6.07) is 2.07. The van der Waals surface area contributed by atoms with Gasteiger partial charge >= 0.3 is 0 Å². The molecule has 0 saturated heterocycles. The molecule has 0 aromatic carbocycles. The van der Waals surface area contributed by atoms with Crippen molar-refractivity contribution in [3.8, 4) is 0 Å². The summed E-state index contributed by atoms with van der Waals surface area (Å²) < 4.78 is 0. The van der Waals surface area contributed by atoms with Crippen LogP contribution >= 0.6 is 11.3 Å². The maximum atomic E-state index is 10.3. The summed E-state index contributed by atoms with van der Waals surface area (Å²) in [5, 5.41) is 17.6. The molecule has 0 aliphatic carbocycles. The number of anilines is 2. The van der Waals surface area contributed by atoms with E-state index in [1.165, 1.54) is 4.88 Å². The molecule has 0 bridgehead atoms. The maximum Gasteiger partial charge on any atom is 0.225 e. The largest absolute Gasteiger partial charge is 0.388 e. The number of hydrogen-bond acceptors (Lipinski definition) is 6. The Bertz CT molecular complexity index is 628. The monoisotopic (exact) mass is 294 g/mol. The Morgan fingerprint density at radius 3 is 2.40 bits per heavy atom. The molecule has 6 heteroatoms. The average molecular weight is 294 g/mol. The Morgan fingerprint density at radius 1 is 1.20 bits per heavy atom. The summed E-state index contributed by atoms with van der Waals surface area (Å²) in [5.41, 5.74) is -1.40. The first-order valence-electron chi connectivity index (χ1n) is 6.60. The van der Waals surface area contributed by atoms with Crippen LogP contribution in [0.4, 0.5) is 11.8 Å². The molecule has 20 heavy (non-hydrogen) atoms. The van der Waals surface area contributed by atoms with Crippen molar-refractivity contribution in [1.29, 1.82) is 0 Å². The van der Waals surface area contributed by atoms with Gasteiger partial charge in [0.25, 0.3) is 0 Å². The summed E-state index contributed by atoms with van der Waals surface area (Å²) in [7, 11) is 1.80. The van der Waals surface area contributed by atoms with Crippen LogP contribution in [0.1, 0.15) is 32.6 Å². The van der Waals surface area contributed by atoms with E-state index in [1.54, 1.807) is 32.2 Å². The number of aromatic nitrogens is 2. The summed E-state index contributed by atoms with van der Waals surface area (Å²) >= 11 is 1.64. The lowest BCUT2D eigenvalue weighted by atomic mass is 9.86. The lowest BCUT2D eigenvalue weighted by Crippen LogP contribution is -2.51. The summed E-state index contributed by atoms with van der Waals surface area (Å²) in [5.74, 6) is 1.32. The van der Waals surface area contributed by atoms with Gasteiger partial charge in [0.2, 0.25) is 5.95 Å². The molecular formula is C14H22N4OS. The number of hydrogen-bond donors (Lipinski definition) is 3. The second-order valence-electron chi connectivity index (χ2n) is 6.03. The quantitative estimate of drug-likeness (QED) is 0.808. The lowest BCUT2D eigenvalue weighted by Gasteiger charge is -2.38. The van der Waals surface area contributed by atoms with E-state index < -0.39 is 11.1 Å². The molecule has 0 aliphatic rings. The lowest BCUT2D eigenvalue weighted by molar-refractivity contribution is 0.0239. The zero-order chi connectivity index (χ0) is 15.1. The Hall–Kier alpha value is -1.40. The van der Waals surface area contributed by atoms with Gasteiger partial charge in [-0.15, -0.1) is 11.3 Å². The topological polar surface area (TPSA) is 70.1 Å². The molecule has 2 heterocycles. The van der Waals surface area contributed by atoms with E-state index in [1.807, 2.05) is 13.8 Å². The molecule has 0 saturated carbocycles. The van der Waals surface area contributed by atoms with Gasteiger partial charge in [0.1, 0.15) is 10.6 Å². The van der Waals surface area contributed by atoms with E-state index in [0.717, 1.165) is 16.0 Å². The third kappa shape index (κ3) is 2.71. The van der Waals surface area contributed by atoms with Crippen LogP contribution in [0.5, 0.6) is 0 Å². The first-order valence-corrected chi connectivity index (χ1v) is 7.42. The van der Waals surface area contributed by atoms with Gasteiger partial charge in [-0.25, -0.2) is 4.98 Å². The molecule has 5 nitrogen and oxygen atoms in total. The van der Waals surface area contributed by atoms with Crippen LogP contribution in [0.15, 0.2) is 6.07 Å². The third-order valence-electron chi connectivity index (χ3n) is 3.70. The Kier molecular flexibility index (Phi) is 3.64. The van der Waals surface area contributed by atoms with E-state index in [9.17, 15) is 5.11 Å². The number of nitrogens with one attached hydrogen (secondary N) is 2. The standard InChI is InChI=1S/C14H22N4OS/c1-8-7-9-10(18-13(2,3)14(4,5)19)16-12(15-6)17-11(9)20-8/h7,19H,1-6H3,(H2,15,16,17,18). The van der Waals surface area contributed by atoms with Gasteiger partial charge in [0.15, 0.2) is 0 Å². The predicted molar refractivity (Wildman–Crippen MR) is 85.7 cm³/mol. The van der Waals surface area contributed by atoms with Crippen molar-refractivity contribution >= 4 is 33.3 Å². The normalized spacial score (nSPS) is 12.8. The van der Waals surface area contributed by atoms with E-state index in [-0.39, 0.29) is 0 Å². The number of aliphatic hydroxyl groups is 1. The first-order chi connectivity index (χ1) is 9.14. The minimum Gasteiger partial charge on any atom is -0.388 e. The molecule has 0 aliphatic heterocycles. The molecule has 0 radical (unpaired) electrons. The van der Waals surface area contributed by atoms with Gasteiger partial charge in [-0.05, 0) is 40.7 Å². The van der Waals surface area contributed by atoms with Gasteiger partial charge in [-0.3, -0.25) is 0 Å². The number of aryl methyl sites for hydroxylation is 1. The van der Waals surface area contributed by atoms with Crippen molar-refractivity contribution in [2.45, 2.75) is 45.8 Å².